The highest BCUT2D eigenvalue weighted by atomic mass is 16.1. The fourth-order valence-corrected chi connectivity index (χ4v) is 3.33. The number of benzene rings is 1. The quantitative estimate of drug-likeness (QED) is 0.783. The molecule has 1 N–H and O–H groups in total. The van der Waals surface area contributed by atoms with Gasteiger partial charge in [-0.2, -0.15) is 4.52 Å². The molecule has 0 aliphatic carbocycles. The normalized spacial score (nSPS) is 17.5. The van der Waals surface area contributed by atoms with Crippen LogP contribution < -0.4 is 10.2 Å². The highest BCUT2D eigenvalue weighted by Gasteiger charge is 2.23. The van der Waals surface area contributed by atoms with Crippen molar-refractivity contribution in [3.63, 3.8) is 0 Å². The van der Waals surface area contributed by atoms with Crippen molar-refractivity contribution in [1.82, 2.24) is 25.1 Å². The number of hydrogen-bond donors (Lipinski definition) is 1. The summed E-state index contributed by atoms with van der Waals surface area (Å²) in [6.45, 7) is 5.58. The summed E-state index contributed by atoms with van der Waals surface area (Å²) < 4.78 is 1.75. The smallest absolute Gasteiger partial charge is 0.251 e. The average Bonchev–Trinajstić information content (AvgIpc) is 3.03. The molecule has 1 fully saturated rings. The van der Waals surface area contributed by atoms with Crippen molar-refractivity contribution in [3.05, 3.63) is 53.3 Å². The predicted octanol–water partition coefficient (Wildman–Crippen LogP) is 2.14. The Balaban J connectivity index is 1.47. The first-order chi connectivity index (χ1) is 12.6. The van der Waals surface area contributed by atoms with Crippen LogP contribution in [0.25, 0.3) is 5.65 Å². The summed E-state index contributed by atoms with van der Waals surface area (Å²) in [6.07, 6.45) is 1.99. The van der Waals surface area contributed by atoms with Crippen LogP contribution in [0.3, 0.4) is 0 Å². The van der Waals surface area contributed by atoms with Gasteiger partial charge in [0.25, 0.3) is 5.91 Å². The average molecular weight is 350 g/mol. The summed E-state index contributed by atoms with van der Waals surface area (Å²) in [5.41, 5.74) is 2.59. The first kappa shape index (κ1) is 16.5. The number of carbonyl (C=O) groups is 1. The molecular weight excluding hydrogens is 328 g/mol. The van der Waals surface area contributed by atoms with Gasteiger partial charge in [-0.15, -0.1) is 15.3 Å². The van der Waals surface area contributed by atoms with Gasteiger partial charge in [0.15, 0.2) is 11.5 Å². The minimum Gasteiger partial charge on any atom is -0.353 e. The molecule has 3 heterocycles. The number of piperidine rings is 1. The van der Waals surface area contributed by atoms with Crippen LogP contribution in [0.15, 0.2) is 36.4 Å². The molecular formula is C19H22N6O. The number of fused-ring (bicyclic) bond motifs is 1. The fourth-order valence-electron chi connectivity index (χ4n) is 3.33. The Morgan fingerprint density at radius 1 is 1.12 bits per heavy atom. The number of anilines is 1. The summed E-state index contributed by atoms with van der Waals surface area (Å²) in [7, 11) is 0. The van der Waals surface area contributed by atoms with Gasteiger partial charge in [0.2, 0.25) is 0 Å². The summed E-state index contributed by atoms with van der Waals surface area (Å²) >= 11 is 0. The maximum atomic E-state index is 12.5. The van der Waals surface area contributed by atoms with Gasteiger partial charge >= 0.3 is 0 Å². The third kappa shape index (κ3) is 3.24. The van der Waals surface area contributed by atoms with E-state index >= 15 is 0 Å². The topological polar surface area (TPSA) is 75.4 Å². The van der Waals surface area contributed by atoms with Crippen molar-refractivity contribution in [2.24, 2.45) is 0 Å². The minimum atomic E-state index is -0.0186. The molecule has 0 saturated carbocycles. The van der Waals surface area contributed by atoms with Gasteiger partial charge in [-0.1, -0.05) is 17.7 Å². The zero-order valence-corrected chi connectivity index (χ0v) is 15.0. The lowest BCUT2D eigenvalue weighted by atomic mass is 10.0. The zero-order valence-electron chi connectivity index (χ0n) is 15.0. The number of nitrogens with zero attached hydrogens (tertiary/aromatic N) is 5. The first-order valence-electron chi connectivity index (χ1n) is 8.92. The Kier molecular flexibility index (Phi) is 4.28. The van der Waals surface area contributed by atoms with Gasteiger partial charge < -0.3 is 10.2 Å². The molecule has 7 nitrogen and oxygen atoms in total. The van der Waals surface area contributed by atoms with Crippen LogP contribution in [-0.4, -0.2) is 44.8 Å². The second kappa shape index (κ2) is 6.74. The highest BCUT2D eigenvalue weighted by molar-refractivity contribution is 5.94. The van der Waals surface area contributed by atoms with Crippen LogP contribution in [-0.2, 0) is 0 Å². The monoisotopic (exact) mass is 350 g/mol. The number of amides is 1. The molecule has 1 amide bonds. The van der Waals surface area contributed by atoms with Gasteiger partial charge in [0, 0.05) is 24.7 Å². The number of hydrogen-bond acceptors (Lipinski definition) is 5. The molecule has 4 rings (SSSR count). The van der Waals surface area contributed by atoms with Gasteiger partial charge in [0.05, 0.1) is 0 Å². The SMILES string of the molecule is Cc1ccc(C(=O)NC2CCCN(c3ccc4nnc(C)n4n3)C2)cc1. The van der Waals surface area contributed by atoms with E-state index in [0.717, 1.165) is 48.8 Å². The van der Waals surface area contributed by atoms with Gasteiger partial charge in [-0.3, -0.25) is 4.79 Å². The van der Waals surface area contributed by atoms with E-state index in [9.17, 15) is 4.79 Å². The molecule has 7 heteroatoms. The molecule has 0 bridgehead atoms. The van der Waals surface area contributed by atoms with E-state index in [1.54, 1.807) is 4.52 Å². The molecule has 1 aliphatic heterocycles. The van der Waals surface area contributed by atoms with Crippen molar-refractivity contribution in [2.45, 2.75) is 32.7 Å². The summed E-state index contributed by atoms with van der Waals surface area (Å²) in [5.74, 6) is 1.63. The number of nitrogens with one attached hydrogen (secondary N) is 1. The Hall–Kier alpha value is -2.96. The molecule has 0 spiro atoms. The largest absolute Gasteiger partial charge is 0.353 e. The molecule has 2 aromatic heterocycles. The summed E-state index contributed by atoms with van der Waals surface area (Å²) in [4.78, 5) is 14.7. The summed E-state index contributed by atoms with van der Waals surface area (Å²) in [5, 5.41) is 15.9. The van der Waals surface area contributed by atoms with Gasteiger partial charge in [-0.05, 0) is 51.0 Å². The van der Waals surface area contributed by atoms with Crippen LogP contribution in [0.1, 0.15) is 34.6 Å². The van der Waals surface area contributed by atoms with Crippen molar-refractivity contribution in [3.8, 4) is 0 Å². The van der Waals surface area contributed by atoms with E-state index in [1.807, 2.05) is 50.2 Å². The Labute approximate surface area is 152 Å². The first-order valence-corrected chi connectivity index (χ1v) is 8.92. The van der Waals surface area contributed by atoms with E-state index in [0.29, 0.717) is 5.56 Å². The summed E-state index contributed by atoms with van der Waals surface area (Å²) in [6, 6.07) is 11.7. The van der Waals surface area contributed by atoms with Crippen LogP contribution in [0.5, 0.6) is 0 Å². The third-order valence-corrected chi connectivity index (χ3v) is 4.80. The van der Waals surface area contributed by atoms with Crippen LogP contribution in [0.4, 0.5) is 5.82 Å². The number of carbonyl (C=O) groups excluding carboxylic acids is 1. The fraction of sp³-hybridized carbons (Fsp3) is 0.368. The molecule has 1 aromatic carbocycles. The van der Waals surface area contributed by atoms with Crippen molar-refractivity contribution < 1.29 is 4.79 Å². The van der Waals surface area contributed by atoms with E-state index < -0.39 is 0 Å². The molecule has 26 heavy (non-hydrogen) atoms. The van der Waals surface area contributed by atoms with Crippen molar-refractivity contribution >= 4 is 17.4 Å². The molecule has 1 atom stereocenters. The molecule has 134 valence electrons. The predicted molar refractivity (Wildman–Crippen MR) is 99.4 cm³/mol. The Morgan fingerprint density at radius 2 is 1.92 bits per heavy atom. The van der Waals surface area contributed by atoms with Crippen molar-refractivity contribution in [1.29, 1.82) is 0 Å². The lowest BCUT2D eigenvalue weighted by molar-refractivity contribution is 0.0933. The molecule has 1 aliphatic rings. The molecule has 1 unspecified atom stereocenters. The lowest BCUT2D eigenvalue weighted by Crippen LogP contribution is -2.48. The second-order valence-electron chi connectivity index (χ2n) is 6.83. The van der Waals surface area contributed by atoms with E-state index in [2.05, 4.69) is 25.5 Å². The van der Waals surface area contributed by atoms with Crippen LogP contribution >= 0.6 is 0 Å². The van der Waals surface area contributed by atoms with Gasteiger partial charge in [-0.25, -0.2) is 0 Å². The molecule has 3 aromatic rings. The maximum Gasteiger partial charge on any atom is 0.251 e. The standard InChI is InChI=1S/C19H22N6O/c1-13-5-7-15(8-6-13)19(26)20-16-4-3-11-24(12-16)18-10-9-17-22-21-14(2)25(17)23-18/h5-10,16H,3-4,11-12H2,1-2H3,(H,20,26). The third-order valence-electron chi connectivity index (χ3n) is 4.80. The highest BCUT2D eigenvalue weighted by Crippen LogP contribution is 2.19. The van der Waals surface area contributed by atoms with E-state index in [-0.39, 0.29) is 11.9 Å². The zero-order chi connectivity index (χ0) is 18.1. The van der Waals surface area contributed by atoms with Crippen LogP contribution in [0, 0.1) is 13.8 Å². The number of rotatable bonds is 3. The molecule has 1 saturated heterocycles. The Bertz CT molecular complexity index is 933. The second-order valence-corrected chi connectivity index (χ2v) is 6.83. The number of aryl methyl sites for hydroxylation is 2. The van der Waals surface area contributed by atoms with Crippen molar-refractivity contribution in [2.75, 3.05) is 18.0 Å². The Morgan fingerprint density at radius 3 is 2.73 bits per heavy atom. The van der Waals surface area contributed by atoms with Gasteiger partial charge in [0.1, 0.15) is 5.82 Å². The minimum absolute atomic E-state index is 0.0186. The number of aromatic nitrogens is 4. The van der Waals surface area contributed by atoms with E-state index in [4.69, 9.17) is 0 Å². The van der Waals surface area contributed by atoms with Crippen LogP contribution in [0.2, 0.25) is 0 Å². The molecule has 0 radical (unpaired) electrons. The van der Waals surface area contributed by atoms with E-state index in [1.165, 1.54) is 0 Å². The maximum absolute atomic E-state index is 12.5. The lowest BCUT2D eigenvalue weighted by Gasteiger charge is -2.33.